The molecule has 28 heavy (non-hydrogen) atoms. The number of carbonyl (C=O) groups is 1. The number of aryl methyl sites for hydroxylation is 1. The fourth-order valence-corrected chi connectivity index (χ4v) is 3.93. The number of nitrogens with zero attached hydrogens (tertiary/aromatic N) is 1. The molecule has 2 unspecified atom stereocenters. The average Bonchev–Trinajstić information content (AvgIpc) is 3.38. The third-order valence-electron chi connectivity index (χ3n) is 4.74. The van der Waals surface area contributed by atoms with Gasteiger partial charge in [-0.15, -0.1) is 11.3 Å². The van der Waals surface area contributed by atoms with Crippen molar-refractivity contribution in [2.24, 2.45) is 5.92 Å². The van der Waals surface area contributed by atoms with Gasteiger partial charge in [0.15, 0.2) is 0 Å². The van der Waals surface area contributed by atoms with Gasteiger partial charge in [-0.2, -0.15) is 13.2 Å². The Hall–Kier alpha value is -2.13. The lowest BCUT2D eigenvalue weighted by Crippen LogP contribution is -2.46. The zero-order valence-electron chi connectivity index (χ0n) is 15.4. The minimum absolute atomic E-state index is 0.165. The topological polar surface area (TPSA) is 71.5 Å². The number of hydrogen-bond donors (Lipinski definition) is 2. The Morgan fingerprint density at radius 1 is 1.36 bits per heavy atom. The van der Waals surface area contributed by atoms with Crippen LogP contribution in [0, 0.1) is 12.8 Å². The highest BCUT2D eigenvalue weighted by atomic mass is 32.1. The summed E-state index contributed by atoms with van der Waals surface area (Å²) in [6.07, 6.45) is -4.40. The van der Waals surface area contributed by atoms with Crippen LogP contribution in [0.5, 0.6) is 5.75 Å². The number of methoxy groups -OCH3 is 1. The monoisotopic (exact) mass is 414 g/mol. The van der Waals surface area contributed by atoms with E-state index in [0.717, 1.165) is 18.4 Å². The number of benzene rings is 1. The van der Waals surface area contributed by atoms with Gasteiger partial charge in [-0.1, -0.05) is 12.1 Å². The van der Waals surface area contributed by atoms with Gasteiger partial charge in [0.05, 0.1) is 19.6 Å². The SMILES string of the molecule is COc1ccc(C(NC(=O)CC(O)(c2nc(C)cs2)C(F)(F)F)C2CC2)cc1. The maximum atomic E-state index is 13.6. The van der Waals surface area contributed by atoms with E-state index in [9.17, 15) is 23.1 Å². The van der Waals surface area contributed by atoms with Crippen molar-refractivity contribution in [2.45, 2.75) is 44.0 Å². The van der Waals surface area contributed by atoms with E-state index in [4.69, 9.17) is 4.74 Å². The van der Waals surface area contributed by atoms with Gasteiger partial charge in [0.1, 0.15) is 10.8 Å². The lowest BCUT2D eigenvalue weighted by molar-refractivity contribution is -0.267. The van der Waals surface area contributed by atoms with Crippen LogP contribution in [0.2, 0.25) is 0 Å². The number of carbonyl (C=O) groups excluding carboxylic acids is 1. The number of nitrogens with one attached hydrogen (secondary N) is 1. The van der Waals surface area contributed by atoms with E-state index in [-0.39, 0.29) is 5.92 Å². The molecule has 1 aromatic heterocycles. The van der Waals surface area contributed by atoms with Gasteiger partial charge in [0.2, 0.25) is 11.5 Å². The van der Waals surface area contributed by atoms with E-state index in [1.165, 1.54) is 19.4 Å². The highest BCUT2D eigenvalue weighted by Crippen LogP contribution is 2.44. The molecule has 2 atom stereocenters. The minimum Gasteiger partial charge on any atom is -0.497 e. The normalized spacial score (nSPS) is 17.6. The summed E-state index contributed by atoms with van der Waals surface area (Å²) < 4.78 is 45.9. The molecule has 0 radical (unpaired) electrons. The molecule has 1 aliphatic carbocycles. The summed E-state index contributed by atoms with van der Waals surface area (Å²) in [5, 5.41) is 13.9. The van der Waals surface area contributed by atoms with Crippen LogP contribution in [0.4, 0.5) is 13.2 Å². The Morgan fingerprint density at radius 2 is 2.00 bits per heavy atom. The van der Waals surface area contributed by atoms with Crippen molar-refractivity contribution in [3.05, 3.63) is 45.9 Å². The first-order chi connectivity index (χ1) is 13.1. The fourth-order valence-electron chi connectivity index (χ4n) is 3.01. The number of rotatable bonds is 7. The van der Waals surface area contributed by atoms with Crippen molar-refractivity contribution in [1.82, 2.24) is 10.3 Å². The molecule has 1 aromatic carbocycles. The van der Waals surface area contributed by atoms with Crippen LogP contribution >= 0.6 is 11.3 Å². The molecule has 0 bridgehead atoms. The Balaban J connectivity index is 1.79. The molecule has 1 saturated carbocycles. The number of aliphatic hydroxyl groups is 1. The Morgan fingerprint density at radius 3 is 2.46 bits per heavy atom. The minimum atomic E-state index is -5.02. The smallest absolute Gasteiger partial charge is 0.424 e. The molecule has 1 heterocycles. The first-order valence-corrected chi connectivity index (χ1v) is 9.67. The second kappa shape index (κ2) is 7.71. The third-order valence-corrected chi connectivity index (χ3v) is 5.85. The summed E-state index contributed by atoms with van der Waals surface area (Å²) in [6.45, 7) is 1.53. The summed E-state index contributed by atoms with van der Waals surface area (Å²) in [5.41, 5.74) is -2.17. The summed E-state index contributed by atoms with van der Waals surface area (Å²) in [4.78, 5) is 16.3. The van der Waals surface area contributed by atoms with E-state index in [1.54, 1.807) is 24.3 Å². The predicted molar refractivity (Wildman–Crippen MR) is 98.0 cm³/mol. The van der Waals surface area contributed by atoms with Gasteiger partial charge in [0, 0.05) is 11.1 Å². The number of amides is 1. The molecular weight excluding hydrogens is 393 g/mol. The molecule has 0 spiro atoms. The Labute approximate surface area is 164 Å². The summed E-state index contributed by atoms with van der Waals surface area (Å²) in [6, 6.07) is 6.63. The molecule has 2 aromatic rings. The Bertz CT molecular complexity index is 834. The molecule has 0 aliphatic heterocycles. The van der Waals surface area contributed by atoms with Crippen LogP contribution in [0.15, 0.2) is 29.6 Å². The van der Waals surface area contributed by atoms with E-state index < -0.39 is 35.2 Å². The molecule has 0 saturated heterocycles. The number of hydrogen-bond acceptors (Lipinski definition) is 5. The second-order valence-corrected chi connectivity index (χ2v) is 7.84. The number of aromatic nitrogens is 1. The van der Waals surface area contributed by atoms with Crippen molar-refractivity contribution < 1.29 is 27.8 Å². The maximum Gasteiger partial charge on any atom is 0.424 e. The van der Waals surface area contributed by atoms with Crippen molar-refractivity contribution in [2.75, 3.05) is 7.11 Å². The number of thiazole rings is 1. The van der Waals surface area contributed by atoms with Gasteiger partial charge in [-0.3, -0.25) is 4.79 Å². The van der Waals surface area contributed by atoms with Crippen molar-refractivity contribution in [1.29, 1.82) is 0 Å². The van der Waals surface area contributed by atoms with Crippen molar-refractivity contribution >= 4 is 17.2 Å². The molecule has 1 aliphatic rings. The van der Waals surface area contributed by atoms with Gasteiger partial charge in [-0.25, -0.2) is 4.98 Å². The molecule has 1 fully saturated rings. The largest absolute Gasteiger partial charge is 0.497 e. The third kappa shape index (κ3) is 4.30. The van der Waals surface area contributed by atoms with Crippen LogP contribution in [-0.2, 0) is 10.4 Å². The van der Waals surface area contributed by atoms with E-state index in [0.29, 0.717) is 22.8 Å². The van der Waals surface area contributed by atoms with Crippen molar-refractivity contribution in [3.63, 3.8) is 0 Å². The van der Waals surface area contributed by atoms with Crippen LogP contribution < -0.4 is 10.1 Å². The summed E-state index contributed by atoms with van der Waals surface area (Å²) in [5.74, 6) is -0.0611. The van der Waals surface area contributed by atoms with Crippen molar-refractivity contribution in [3.8, 4) is 5.75 Å². The summed E-state index contributed by atoms with van der Waals surface area (Å²) in [7, 11) is 1.54. The molecule has 3 rings (SSSR count). The standard InChI is InChI=1S/C19H21F3N2O3S/c1-11-10-28-17(23-11)18(26,19(20,21)22)9-15(25)24-16(12-3-4-12)13-5-7-14(27-2)8-6-13/h5-8,10,12,16,26H,3-4,9H2,1-2H3,(H,24,25). The van der Waals surface area contributed by atoms with E-state index in [1.807, 2.05) is 0 Å². The zero-order valence-corrected chi connectivity index (χ0v) is 16.2. The molecule has 5 nitrogen and oxygen atoms in total. The molecule has 152 valence electrons. The van der Waals surface area contributed by atoms with E-state index >= 15 is 0 Å². The van der Waals surface area contributed by atoms with Crippen LogP contribution in [-0.4, -0.2) is 29.3 Å². The van der Waals surface area contributed by atoms with Gasteiger partial charge >= 0.3 is 6.18 Å². The number of halogens is 3. The van der Waals surface area contributed by atoms with Gasteiger partial charge in [0.25, 0.3) is 0 Å². The predicted octanol–water partition coefficient (Wildman–Crippen LogP) is 3.87. The molecular formula is C19H21F3N2O3S. The van der Waals surface area contributed by atoms with Crippen LogP contribution in [0.1, 0.15) is 41.6 Å². The maximum absolute atomic E-state index is 13.6. The zero-order chi connectivity index (χ0) is 20.5. The van der Waals surface area contributed by atoms with Gasteiger partial charge in [-0.05, 0) is 43.4 Å². The number of alkyl halides is 3. The second-order valence-electron chi connectivity index (χ2n) is 6.98. The quantitative estimate of drug-likeness (QED) is 0.722. The first kappa shape index (κ1) is 20.6. The highest BCUT2D eigenvalue weighted by Gasteiger charge is 2.58. The lowest BCUT2D eigenvalue weighted by Gasteiger charge is -2.29. The number of ether oxygens (including phenoxy) is 1. The lowest BCUT2D eigenvalue weighted by atomic mass is 9.97. The van der Waals surface area contributed by atoms with Crippen LogP contribution in [0.3, 0.4) is 0 Å². The average molecular weight is 414 g/mol. The first-order valence-electron chi connectivity index (χ1n) is 8.79. The molecule has 1 amide bonds. The fraction of sp³-hybridized carbons (Fsp3) is 0.474. The molecule has 2 N–H and O–H groups in total. The highest BCUT2D eigenvalue weighted by molar-refractivity contribution is 7.09. The van der Waals surface area contributed by atoms with Gasteiger partial charge < -0.3 is 15.2 Å². The summed E-state index contributed by atoms with van der Waals surface area (Å²) >= 11 is 0.688. The van der Waals surface area contributed by atoms with E-state index in [2.05, 4.69) is 10.3 Å². The molecule has 9 heteroatoms. The van der Waals surface area contributed by atoms with Crippen LogP contribution in [0.25, 0.3) is 0 Å². The Kier molecular flexibility index (Phi) is 5.67.